The number of fused-ring (bicyclic) bond motifs is 4. The van der Waals surface area contributed by atoms with E-state index in [-0.39, 0.29) is 92.4 Å². The third-order valence-corrected chi connectivity index (χ3v) is 16.6. The number of nitrogens with zero attached hydrogens (tertiary/aromatic N) is 4. The van der Waals surface area contributed by atoms with Gasteiger partial charge in [0, 0.05) is 49.4 Å². The summed E-state index contributed by atoms with van der Waals surface area (Å²) in [5.41, 5.74) is 4.71. The average molecular weight is 1380 g/mol. The molecule has 1 aliphatic carbocycles. The molecule has 4 heterocycles. The van der Waals surface area contributed by atoms with Crippen LogP contribution in [0.3, 0.4) is 0 Å². The Bertz CT molecular complexity index is 3630. The standard InChI is InChI=1S/C75H94N8O17/c1-8-19-54-39-57-46-77-60-44-65(63(92-6)42-58(60)72(88)81(57)47-54)98-29-17-14-18-30-99-66-45-61-59(43-64(66)93-7)73(89)82-48-55(20-9-2)40-62(82)74(90)83(61)75(91)100-49-53-23-25-56(26-24-53)79-70(86)51(5)78-71(87)69(50(3)4)80-67(84)27-31-94-33-35-96-37-38-97-36-34-95-32-28-76-68(85)41-52-21-15-12-10-11-13-16-22-52/h8-12,15-16,19-26,42-48,50-51,57,62,69,74,90H,13-14,17-18,27-41,49H2,1-7H3,(H,76,85)(H,78,87)(H,79,86)(H,80,84)/b11-10-,15-12-,19-8+,20-9+,22-16?,52-21+/t51-,57-,62-,69-,74-/m0/s1. The van der Waals surface area contributed by atoms with Gasteiger partial charge in [0.15, 0.2) is 29.2 Å². The van der Waals surface area contributed by atoms with Crippen LogP contribution in [0.25, 0.3) is 0 Å². The third-order valence-electron chi connectivity index (χ3n) is 16.6. The monoisotopic (exact) mass is 1380 g/mol. The van der Waals surface area contributed by atoms with E-state index < -0.39 is 54.1 Å². The normalized spacial score (nSPS) is 18.7. The molecular weight excluding hydrogens is 1280 g/mol. The SMILES string of the molecule is C/C=C/C1=CN2C(=O)c3cc(OC)c(OCCCCCOc4cc5c(cc4OC)C(=O)N4C=C(/C=C/C)C[C@H]4[C@H](O)N5C(=O)OCc4ccc(NC(=O)[C@H](C)NC(=O)[C@@H](NC(=O)CCOCCOCCOCCOCCNC(=O)C/C5=C/C=C\C=C/CC=C5)C(C)C)cc4)cc3N=C[C@@H]2C1. The lowest BCUT2D eigenvalue weighted by Crippen LogP contribution is -2.53. The highest BCUT2D eigenvalue weighted by molar-refractivity contribution is 6.07. The molecule has 0 bridgehead atoms. The molecule has 0 radical (unpaired) electrons. The Labute approximate surface area is 584 Å². The molecule has 0 saturated carbocycles. The van der Waals surface area contributed by atoms with Crippen LogP contribution in [0.2, 0.25) is 0 Å². The van der Waals surface area contributed by atoms with E-state index in [9.17, 15) is 38.7 Å². The van der Waals surface area contributed by atoms with E-state index >= 15 is 0 Å². The van der Waals surface area contributed by atoms with Gasteiger partial charge in [0.25, 0.3) is 11.8 Å². The summed E-state index contributed by atoms with van der Waals surface area (Å²) in [6.45, 7) is 12.0. The zero-order valence-electron chi connectivity index (χ0n) is 58.1. The van der Waals surface area contributed by atoms with Crippen molar-refractivity contribution in [2.75, 3.05) is 97.0 Å². The predicted molar refractivity (Wildman–Crippen MR) is 378 cm³/mol. The summed E-state index contributed by atoms with van der Waals surface area (Å²) in [7, 11) is 2.97. The second-order valence-corrected chi connectivity index (χ2v) is 24.4. The number of benzene rings is 3. The van der Waals surface area contributed by atoms with E-state index in [2.05, 4.69) is 26.3 Å². The van der Waals surface area contributed by atoms with Crippen LogP contribution in [-0.4, -0.2) is 180 Å². The lowest BCUT2D eigenvalue weighted by molar-refractivity contribution is -0.132. The van der Waals surface area contributed by atoms with Crippen LogP contribution in [0.4, 0.5) is 21.9 Å². The number of aliphatic hydroxyl groups excluding tert-OH is 1. The van der Waals surface area contributed by atoms with Gasteiger partial charge in [0.05, 0.1) is 121 Å². The lowest BCUT2D eigenvalue weighted by Gasteiger charge is -2.31. The van der Waals surface area contributed by atoms with Gasteiger partial charge in [-0.25, -0.2) is 9.69 Å². The summed E-state index contributed by atoms with van der Waals surface area (Å²) >= 11 is 0. The first-order valence-corrected chi connectivity index (χ1v) is 34.0. The first-order valence-electron chi connectivity index (χ1n) is 34.0. The molecule has 5 N–H and O–H groups in total. The fourth-order valence-electron chi connectivity index (χ4n) is 11.4. The van der Waals surface area contributed by atoms with Crippen molar-refractivity contribution in [2.24, 2.45) is 10.9 Å². The Morgan fingerprint density at radius 3 is 1.97 bits per heavy atom. The second kappa shape index (κ2) is 39.2. The topological polar surface area (TPSA) is 293 Å². The molecule has 0 saturated heterocycles. The van der Waals surface area contributed by atoms with Crippen molar-refractivity contribution in [1.29, 1.82) is 0 Å². The van der Waals surface area contributed by atoms with Crippen LogP contribution in [0.15, 0.2) is 149 Å². The van der Waals surface area contributed by atoms with Crippen molar-refractivity contribution < 1.29 is 81.3 Å². The molecule has 25 nitrogen and oxygen atoms in total. The number of carbonyl (C=O) groups is 7. The number of ether oxygens (including phenoxy) is 9. The maximum absolute atomic E-state index is 14.4. The van der Waals surface area contributed by atoms with E-state index in [1.54, 1.807) is 67.6 Å². The molecule has 3 aromatic rings. The van der Waals surface area contributed by atoms with E-state index in [1.165, 1.54) is 38.2 Å². The summed E-state index contributed by atoms with van der Waals surface area (Å²) in [5.74, 6) is -1.16. The number of amides is 7. The maximum Gasteiger partial charge on any atom is 0.416 e. The fourth-order valence-corrected chi connectivity index (χ4v) is 11.4. The van der Waals surface area contributed by atoms with Gasteiger partial charge in [-0.3, -0.25) is 33.8 Å². The number of hydrogen-bond acceptors (Lipinski definition) is 18. The van der Waals surface area contributed by atoms with Crippen LogP contribution in [-0.2, 0) is 49.5 Å². The smallest absolute Gasteiger partial charge is 0.416 e. The van der Waals surface area contributed by atoms with Crippen LogP contribution in [0, 0.1) is 5.92 Å². The van der Waals surface area contributed by atoms with E-state index in [1.807, 2.05) is 86.9 Å². The van der Waals surface area contributed by atoms with Gasteiger partial charge in [-0.15, -0.1) is 0 Å². The number of nitrogens with one attached hydrogen (secondary N) is 4. The van der Waals surface area contributed by atoms with Crippen LogP contribution < -0.4 is 45.1 Å². The van der Waals surface area contributed by atoms with E-state index in [0.717, 1.165) is 28.0 Å². The molecule has 0 spiro atoms. The van der Waals surface area contributed by atoms with Gasteiger partial charge in [-0.2, -0.15) is 0 Å². The molecule has 7 amide bonds. The molecule has 536 valence electrons. The summed E-state index contributed by atoms with van der Waals surface area (Å²) in [6.07, 6.45) is 28.1. The zero-order valence-corrected chi connectivity index (χ0v) is 58.1. The number of hydrogen-bond donors (Lipinski definition) is 5. The first-order chi connectivity index (χ1) is 48.5. The molecule has 100 heavy (non-hydrogen) atoms. The molecular formula is C75H94N8O17. The minimum Gasteiger partial charge on any atom is -0.493 e. The highest BCUT2D eigenvalue weighted by Crippen LogP contribution is 2.43. The van der Waals surface area contributed by atoms with Gasteiger partial charge >= 0.3 is 6.09 Å². The van der Waals surface area contributed by atoms with Crippen LogP contribution >= 0.6 is 0 Å². The largest absolute Gasteiger partial charge is 0.493 e. The predicted octanol–water partition coefficient (Wildman–Crippen LogP) is 9.42. The number of carbonyl (C=O) groups excluding carboxylic acids is 7. The molecule has 0 aromatic heterocycles. The number of aliphatic imine (C=N–C) groups is 1. The Hall–Kier alpha value is -9.66. The number of aliphatic hydroxyl groups is 1. The van der Waals surface area contributed by atoms with E-state index in [4.69, 9.17) is 42.6 Å². The van der Waals surface area contributed by atoms with Crippen molar-refractivity contribution in [3.63, 3.8) is 0 Å². The van der Waals surface area contributed by atoms with Crippen molar-refractivity contribution in [1.82, 2.24) is 25.8 Å². The van der Waals surface area contributed by atoms with E-state index in [0.29, 0.717) is 112 Å². The fraction of sp³-hybridized carbons (Fsp3) is 0.440. The minimum atomic E-state index is -1.56. The van der Waals surface area contributed by atoms with Crippen LogP contribution in [0.5, 0.6) is 23.0 Å². The summed E-state index contributed by atoms with van der Waals surface area (Å²) in [6, 6.07) is 9.89. The quantitative estimate of drug-likeness (QED) is 0.0336. The number of anilines is 2. The third kappa shape index (κ3) is 21.9. The van der Waals surface area contributed by atoms with Gasteiger partial charge in [-0.05, 0) is 112 Å². The highest BCUT2D eigenvalue weighted by atomic mass is 16.6. The van der Waals surface area contributed by atoms with Gasteiger partial charge in [0.2, 0.25) is 23.6 Å². The lowest BCUT2D eigenvalue weighted by atomic mass is 10.0. The molecule has 5 atom stereocenters. The Morgan fingerprint density at radius 2 is 1.30 bits per heavy atom. The number of methoxy groups -OCH3 is 2. The molecule has 3 aromatic carbocycles. The van der Waals surface area contributed by atoms with Gasteiger partial charge < -0.3 is 78.8 Å². The summed E-state index contributed by atoms with van der Waals surface area (Å²) in [4.78, 5) is 103. The molecule has 25 heteroatoms. The Morgan fingerprint density at radius 1 is 0.670 bits per heavy atom. The second-order valence-electron chi connectivity index (χ2n) is 24.4. The van der Waals surface area contributed by atoms with Gasteiger partial charge in [0.1, 0.15) is 18.7 Å². The Kier molecular flexibility index (Phi) is 29.8. The first kappa shape index (κ1) is 76.1. The van der Waals surface area contributed by atoms with Crippen molar-refractivity contribution in [3.8, 4) is 23.0 Å². The maximum atomic E-state index is 14.4. The van der Waals surface area contributed by atoms with Crippen molar-refractivity contribution >= 4 is 64.8 Å². The summed E-state index contributed by atoms with van der Waals surface area (Å²) < 4.78 is 51.9. The molecule has 0 unspecified atom stereocenters. The number of allylic oxidation sites excluding steroid dienone is 11. The summed E-state index contributed by atoms with van der Waals surface area (Å²) in [5, 5.41) is 23.2. The Balaban J connectivity index is 0.743. The average Bonchev–Trinajstić information content (AvgIpc) is 1.56. The number of rotatable bonds is 37. The van der Waals surface area contributed by atoms with Crippen molar-refractivity contribution in [3.05, 3.63) is 161 Å². The van der Waals surface area contributed by atoms with Crippen molar-refractivity contribution in [2.45, 2.75) is 123 Å². The number of unbranched alkanes of at least 4 members (excludes halogenated alkanes) is 2. The molecule has 4 aliphatic heterocycles. The molecule has 8 rings (SSSR count). The highest BCUT2D eigenvalue weighted by Gasteiger charge is 2.45. The zero-order chi connectivity index (χ0) is 71.3. The molecule has 0 fully saturated rings. The van der Waals surface area contributed by atoms with Crippen LogP contribution in [0.1, 0.15) is 112 Å². The minimum absolute atomic E-state index is 0.00734. The van der Waals surface area contributed by atoms with Gasteiger partial charge in [-0.1, -0.05) is 92.8 Å². The molecule has 5 aliphatic rings.